The van der Waals surface area contributed by atoms with Crippen LogP contribution in [0.15, 0.2) is 54.6 Å². The molecule has 166 valence electrons. The van der Waals surface area contributed by atoms with Crippen molar-refractivity contribution in [3.8, 4) is 5.75 Å². The van der Waals surface area contributed by atoms with Crippen molar-refractivity contribution >= 4 is 18.0 Å². The van der Waals surface area contributed by atoms with Gasteiger partial charge in [0.2, 0.25) is 5.91 Å². The van der Waals surface area contributed by atoms with Crippen LogP contribution in [0.1, 0.15) is 18.1 Å². The van der Waals surface area contributed by atoms with Crippen molar-refractivity contribution in [2.75, 3.05) is 7.11 Å². The Labute approximate surface area is 180 Å². The van der Waals surface area contributed by atoms with Gasteiger partial charge in [0.15, 0.2) is 0 Å². The molecule has 0 unspecified atom stereocenters. The fourth-order valence-electron chi connectivity index (χ4n) is 2.76. The zero-order valence-electron chi connectivity index (χ0n) is 17.3. The number of benzene rings is 2. The largest absolute Gasteiger partial charge is 0.497 e. The molecule has 0 aliphatic heterocycles. The Bertz CT molecular complexity index is 869. The third-order valence-electron chi connectivity index (χ3n) is 4.46. The molecule has 2 aromatic rings. The van der Waals surface area contributed by atoms with E-state index < -0.39 is 36.2 Å². The van der Waals surface area contributed by atoms with Crippen LogP contribution < -0.4 is 15.4 Å². The number of alkyl carbamates (subject to hydrolysis) is 1. The third kappa shape index (κ3) is 7.63. The summed E-state index contributed by atoms with van der Waals surface area (Å²) in [6, 6.07) is 13.0. The van der Waals surface area contributed by atoms with Gasteiger partial charge in [0.1, 0.15) is 24.4 Å². The van der Waals surface area contributed by atoms with E-state index >= 15 is 0 Å². The summed E-state index contributed by atoms with van der Waals surface area (Å²) in [7, 11) is 1.52. The number of aliphatic hydroxyl groups excluding tert-OH is 1. The second kappa shape index (κ2) is 11.6. The van der Waals surface area contributed by atoms with Gasteiger partial charge in [-0.25, -0.2) is 9.59 Å². The van der Waals surface area contributed by atoms with Gasteiger partial charge < -0.3 is 30.3 Å². The normalized spacial score (nSPS) is 13.4. The van der Waals surface area contributed by atoms with Gasteiger partial charge in [0.05, 0.1) is 13.2 Å². The van der Waals surface area contributed by atoms with Gasteiger partial charge >= 0.3 is 12.1 Å². The summed E-state index contributed by atoms with van der Waals surface area (Å²) in [6.45, 7) is 1.29. The molecule has 0 bridgehead atoms. The molecule has 9 nitrogen and oxygen atoms in total. The first-order valence-electron chi connectivity index (χ1n) is 9.61. The number of hydrogen-bond acceptors (Lipinski definition) is 6. The van der Waals surface area contributed by atoms with E-state index in [1.165, 1.54) is 14.0 Å². The number of carbonyl (C=O) groups excluding carboxylic acids is 2. The highest BCUT2D eigenvalue weighted by Gasteiger charge is 2.30. The van der Waals surface area contributed by atoms with E-state index in [1.807, 2.05) is 6.07 Å². The number of methoxy groups -OCH3 is 1. The van der Waals surface area contributed by atoms with Crippen LogP contribution in [0.25, 0.3) is 0 Å². The number of hydrogen-bond donors (Lipinski definition) is 4. The molecular formula is C22H26N2O7. The minimum Gasteiger partial charge on any atom is -0.497 e. The van der Waals surface area contributed by atoms with Gasteiger partial charge in [-0.05, 0) is 30.2 Å². The molecule has 3 atom stereocenters. The zero-order valence-corrected chi connectivity index (χ0v) is 17.3. The van der Waals surface area contributed by atoms with Crippen molar-refractivity contribution in [3.05, 3.63) is 65.7 Å². The van der Waals surface area contributed by atoms with Crippen LogP contribution in [-0.2, 0) is 27.4 Å². The first kappa shape index (κ1) is 23.7. The number of nitrogens with one attached hydrogen (secondary N) is 2. The first-order valence-corrected chi connectivity index (χ1v) is 9.61. The second-order valence-corrected chi connectivity index (χ2v) is 6.88. The summed E-state index contributed by atoms with van der Waals surface area (Å²) >= 11 is 0. The monoisotopic (exact) mass is 430 g/mol. The molecule has 0 radical (unpaired) electrons. The molecule has 31 heavy (non-hydrogen) atoms. The maximum atomic E-state index is 12.6. The van der Waals surface area contributed by atoms with Crippen molar-refractivity contribution in [2.24, 2.45) is 0 Å². The molecule has 0 aromatic heterocycles. The van der Waals surface area contributed by atoms with Crippen LogP contribution in [0.4, 0.5) is 4.79 Å². The first-order chi connectivity index (χ1) is 14.8. The minimum absolute atomic E-state index is 0.00997. The molecule has 0 aliphatic rings. The summed E-state index contributed by atoms with van der Waals surface area (Å²) in [5.74, 6) is -1.47. The number of carboxylic acids is 1. The van der Waals surface area contributed by atoms with Gasteiger partial charge in [-0.3, -0.25) is 4.79 Å². The van der Waals surface area contributed by atoms with Crippen LogP contribution >= 0.6 is 0 Å². The Kier molecular flexibility index (Phi) is 8.83. The molecule has 2 rings (SSSR count). The SMILES string of the molecule is COc1ccc(C[C@H](NC(=O)[C@@H](NC(=O)OCc2ccccc2)[C@@H](C)O)C(=O)O)cc1. The van der Waals surface area contributed by atoms with Crippen LogP contribution in [0.5, 0.6) is 5.75 Å². The number of carbonyl (C=O) groups is 3. The molecule has 0 aliphatic carbocycles. The molecule has 4 N–H and O–H groups in total. The summed E-state index contributed by atoms with van der Waals surface area (Å²) in [6.07, 6.45) is -2.18. The highest BCUT2D eigenvalue weighted by Crippen LogP contribution is 2.13. The number of aliphatic carboxylic acids is 1. The summed E-state index contributed by atoms with van der Waals surface area (Å²) < 4.78 is 10.1. The predicted molar refractivity (Wildman–Crippen MR) is 111 cm³/mol. The van der Waals surface area contributed by atoms with Crippen molar-refractivity contribution in [1.29, 1.82) is 0 Å². The highest BCUT2D eigenvalue weighted by molar-refractivity contribution is 5.89. The molecule has 0 saturated carbocycles. The van der Waals surface area contributed by atoms with Crippen LogP contribution in [0.2, 0.25) is 0 Å². The standard InChI is InChI=1S/C22H26N2O7/c1-14(25)19(24-22(29)31-13-16-6-4-3-5-7-16)20(26)23-18(21(27)28)12-15-8-10-17(30-2)11-9-15/h3-11,14,18-19,25H,12-13H2,1-2H3,(H,23,26)(H,24,29)(H,27,28)/t14-,18+,19+/m1/s1. The number of ether oxygens (including phenoxy) is 2. The van der Waals surface area contributed by atoms with Crippen molar-refractivity contribution in [1.82, 2.24) is 10.6 Å². The lowest BCUT2D eigenvalue weighted by Crippen LogP contribution is -2.56. The lowest BCUT2D eigenvalue weighted by atomic mass is 10.0. The van der Waals surface area contributed by atoms with Crippen molar-refractivity contribution < 1.29 is 34.1 Å². The summed E-state index contributed by atoms with van der Waals surface area (Å²) in [4.78, 5) is 36.3. The Hall–Kier alpha value is -3.59. The lowest BCUT2D eigenvalue weighted by Gasteiger charge is -2.23. The van der Waals surface area contributed by atoms with E-state index in [2.05, 4.69) is 10.6 Å². The van der Waals surface area contributed by atoms with Crippen LogP contribution in [-0.4, -0.2) is 53.5 Å². The maximum absolute atomic E-state index is 12.6. The average molecular weight is 430 g/mol. The molecule has 0 saturated heterocycles. The molecule has 2 amide bonds. The van der Waals surface area contributed by atoms with E-state index in [1.54, 1.807) is 48.5 Å². The molecule has 0 fully saturated rings. The average Bonchev–Trinajstić information content (AvgIpc) is 2.76. The minimum atomic E-state index is -1.39. The Morgan fingerprint density at radius 2 is 1.61 bits per heavy atom. The molecule has 0 spiro atoms. The highest BCUT2D eigenvalue weighted by atomic mass is 16.5. The van der Waals surface area contributed by atoms with E-state index in [9.17, 15) is 24.6 Å². The summed E-state index contributed by atoms with van der Waals surface area (Å²) in [5.41, 5.74) is 1.42. The molecule has 2 aromatic carbocycles. The van der Waals surface area contributed by atoms with Crippen molar-refractivity contribution in [2.45, 2.75) is 38.1 Å². The molecular weight excluding hydrogens is 404 g/mol. The van der Waals surface area contributed by atoms with Gasteiger partial charge in [-0.15, -0.1) is 0 Å². The Morgan fingerprint density at radius 3 is 2.16 bits per heavy atom. The van der Waals surface area contributed by atoms with Gasteiger partial charge in [0.25, 0.3) is 0 Å². The second-order valence-electron chi connectivity index (χ2n) is 6.88. The van der Waals surface area contributed by atoms with E-state index in [0.717, 1.165) is 5.56 Å². The number of aliphatic hydroxyl groups is 1. The topological polar surface area (TPSA) is 134 Å². The fourth-order valence-corrected chi connectivity index (χ4v) is 2.76. The zero-order chi connectivity index (χ0) is 22.8. The fraction of sp³-hybridized carbons (Fsp3) is 0.318. The van der Waals surface area contributed by atoms with Gasteiger partial charge in [-0.2, -0.15) is 0 Å². The van der Waals surface area contributed by atoms with E-state index in [-0.39, 0.29) is 13.0 Å². The Morgan fingerprint density at radius 1 is 0.968 bits per heavy atom. The molecule has 9 heteroatoms. The van der Waals surface area contributed by atoms with Gasteiger partial charge in [0, 0.05) is 6.42 Å². The maximum Gasteiger partial charge on any atom is 0.408 e. The van der Waals surface area contributed by atoms with Crippen molar-refractivity contribution in [3.63, 3.8) is 0 Å². The number of rotatable bonds is 10. The number of amides is 2. The quantitative estimate of drug-likeness (QED) is 0.449. The lowest BCUT2D eigenvalue weighted by molar-refractivity contribution is -0.142. The smallest absolute Gasteiger partial charge is 0.408 e. The van der Waals surface area contributed by atoms with Gasteiger partial charge in [-0.1, -0.05) is 42.5 Å². The summed E-state index contributed by atoms with van der Waals surface area (Å²) in [5, 5.41) is 24.0. The Balaban J connectivity index is 1.97. The predicted octanol–water partition coefficient (Wildman–Crippen LogP) is 1.48. The molecule has 0 heterocycles. The van der Waals surface area contributed by atoms with Crippen LogP contribution in [0, 0.1) is 0 Å². The third-order valence-corrected chi connectivity index (χ3v) is 4.46. The van der Waals surface area contributed by atoms with Crippen LogP contribution in [0.3, 0.4) is 0 Å². The number of carboxylic acid groups (broad SMARTS) is 1. The van der Waals surface area contributed by atoms with E-state index in [4.69, 9.17) is 9.47 Å². The van der Waals surface area contributed by atoms with E-state index in [0.29, 0.717) is 11.3 Å².